The lowest BCUT2D eigenvalue weighted by molar-refractivity contribution is -0.148. The molecule has 138 valence electrons. The molecule has 0 radical (unpaired) electrons. The number of hydrogen-bond donors (Lipinski definition) is 1. The predicted octanol–water partition coefficient (Wildman–Crippen LogP) is 3.43. The molecule has 5 nitrogen and oxygen atoms in total. The third-order valence-electron chi connectivity index (χ3n) is 4.75. The molecule has 1 aliphatic carbocycles. The normalized spacial score (nSPS) is 20.0. The summed E-state index contributed by atoms with van der Waals surface area (Å²) in [5, 5.41) is 3.59. The van der Waals surface area contributed by atoms with Gasteiger partial charge in [-0.1, -0.05) is 24.4 Å². The van der Waals surface area contributed by atoms with Crippen LogP contribution in [0.4, 0.5) is 0 Å². The summed E-state index contributed by atoms with van der Waals surface area (Å²) >= 11 is 6.13. The standard InChI is InChI=1S/C19H26ClNO4/c1-12-8-15(9-13(2)18(12)20)25-11-17(22)21-10-14-6-4-5-7-16(14)19(23)24-3/h8-9,14,16H,4-7,10-11H2,1-3H3,(H,21,22). The van der Waals surface area contributed by atoms with Crippen LogP contribution in [0.5, 0.6) is 5.75 Å². The molecular formula is C19H26ClNO4. The van der Waals surface area contributed by atoms with Crippen molar-refractivity contribution < 1.29 is 19.1 Å². The number of benzene rings is 1. The zero-order valence-corrected chi connectivity index (χ0v) is 15.8. The van der Waals surface area contributed by atoms with Crippen LogP contribution in [0.1, 0.15) is 36.8 Å². The van der Waals surface area contributed by atoms with Gasteiger partial charge in [0.25, 0.3) is 5.91 Å². The second-order valence-corrected chi connectivity index (χ2v) is 7.02. The van der Waals surface area contributed by atoms with Gasteiger partial charge < -0.3 is 14.8 Å². The van der Waals surface area contributed by atoms with Crippen molar-refractivity contribution in [2.45, 2.75) is 39.5 Å². The highest BCUT2D eigenvalue weighted by molar-refractivity contribution is 6.32. The van der Waals surface area contributed by atoms with Crippen LogP contribution in [0.25, 0.3) is 0 Å². The minimum Gasteiger partial charge on any atom is -0.484 e. The van der Waals surface area contributed by atoms with Crippen LogP contribution in [0.2, 0.25) is 5.02 Å². The summed E-state index contributed by atoms with van der Waals surface area (Å²) in [6.45, 7) is 4.22. The smallest absolute Gasteiger partial charge is 0.309 e. The molecule has 1 aromatic carbocycles. The van der Waals surface area contributed by atoms with Crippen LogP contribution in [0.3, 0.4) is 0 Å². The van der Waals surface area contributed by atoms with Gasteiger partial charge in [0.2, 0.25) is 0 Å². The number of methoxy groups -OCH3 is 1. The van der Waals surface area contributed by atoms with E-state index in [1.807, 2.05) is 26.0 Å². The number of esters is 1. The molecule has 0 aromatic heterocycles. The van der Waals surface area contributed by atoms with E-state index >= 15 is 0 Å². The Kier molecular flexibility index (Phi) is 7.12. The molecule has 0 aliphatic heterocycles. The Balaban J connectivity index is 1.83. The van der Waals surface area contributed by atoms with Gasteiger partial charge in [0.1, 0.15) is 5.75 Å². The number of carbonyl (C=O) groups is 2. The van der Waals surface area contributed by atoms with Crippen LogP contribution in [0, 0.1) is 25.7 Å². The lowest BCUT2D eigenvalue weighted by Gasteiger charge is -2.29. The highest BCUT2D eigenvalue weighted by Crippen LogP contribution is 2.30. The van der Waals surface area contributed by atoms with Gasteiger partial charge in [-0.15, -0.1) is 0 Å². The number of amides is 1. The quantitative estimate of drug-likeness (QED) is 0.782. The fourth-order valence-electron chi connectivity index (χ4n) is 3.35. The molecule has 0 saturated heterocycles. The molecular weight excluding hydrogens is 342 g/mol. The van der Waals surface area contributed by atoms with Crippen LogP contribution >= 0.6 is 11.6 Å². The van der Waals surface area contributed by atoms with Crippen molar-refractivity contribution in [1.82, 2.24) is 5.32 Å². The second kappa shape index (κ2) is 9.09. The van der Waals surface area contributed by atoms with Crippen molar-refractivity contribution in [3.63, 3.8) is 0 Å². The Morgan fingerprint density at radius 2 is 1.84 bits per heavy atom. The van der Waals surface area contributed by atoms with Crippen molar-refractivity contribution in [2.75, 3.05) is 20.3 Å². The first-order valence-corrected chi connectivity index (χ1v) is 9.04. The molecule has 1 fully saturated rings. The number of carbonyl (C=O) groups excluding carboxylic acids is 2. The van der Waals surface area contributed by atoms with Gasteiger partial charge in [0, 0.05) is 11.6 Å². The first-order chi connectivity index (χ1) is 11.9. The summed E-state index contributed by atoms with van der Waals surface area (Å²) in [6, 6.07) is 3.63. The van der Waals surface area contributed by atoms with Gasteiger partial charge in [0.05, 0.1) is 13.0 Å². The molecule has 1 amide bonds. The van der Waals surface area contributed by atoms with E-state index in [-0.39, 0.29) is 30.3 Å². The van der Waals surface area contributed by atoms with Gasteiger partial charge >= 0.3 is 5.97 Å². The van der Waals surface area contributed by atoms with E-state index in [0.717, 1.165) is 36.8 Å². The average Bonchev–Trinajstić information content (AvgIpc) is 2.62. The van der Waals surface area contributed by atoms with Crippen molar-refractivity contribution in [3.8, 4) is 5.75 Å². The van der Waals surface area contributed by atoms with Gasteiger partial charge in [0.15, 0.2) is 6.61 Å². The van der Waals surface area contributed by atoms with Gasteiger partial charge in [-0.2, -0.15) is 0 Å². The largest absolute Gasteiger partial charge is 0.484 e. The molecule has 2 unspecified atom stereocenters. The highest BCUT2D eigenvalue weighted by Gasteiger charge is 2.31. The number of halogens is 1. The fraction of sp³-hybridized carbons (Fsp3) is 0.579. The van der Waals surface area contributed by atoms with Crippen LogP contribution < -0.4 is 10.1 Å². The molecule has 1 aromatic rings. The summed E-state index contributed by atoms with van der Waals surface area (Å²) in [4.78, 5) is 23.9. The lowest BCUT2D eigenvalue weighted by atomic mass is 9.79. The maximum absolute atomic E-state index is 12.1. The topological polar surface area (TPSA) is 64.6 Å². The first-order valence-electron chi connectivity index (χ1n) is 8.66. The summed E-state index contributed by atoms with van der Waals surface area (Å²) < 4.78 is 10.4. The Labute approximate surface area is 154 Å². The molecule has 2 atom stereocenters. The molecule has 1 N–H and O–H groups in total. The molecule has 2 rings (SSSR count). The third-order valence-corrected chi connectivity index (χ3v) is 5.35. The summed E-state index contributed by atoms with van der Waals surface area (Å²) in [5.41, 5.74) is 1.83. The lowest BCUT2D eigenvalue weighted by Crippen LogP contribution is -2.39. The van der Waals surface area contributed by atoms with Crippen LogP contribution in [-0.4, -0.2) is 32.1 Å². The maximum atomic E-state index is 12.1. The zero-order chi connectivity index (χ0) is 18.4. The van der Waals surface area contributed by atoms with Crippen molar-refractivity contribution in [1.29, 1.82) is 0 Å². The second-order valence-electron chi connectivity index (χ2n) is 6.64. The zero-order valence-electron chi connectivity index (χ0n) is 15.1. The van der Waals surface area contributed by atoms with E-state index in [4.69, 9.17) is 21.1 Å². The Hall–Kier alpha value is -1.75. The van der Waals surface area contributed by atoms with Gasteiger partial charge in [-0.3, -0.25) is 9.59 Å². The molecule has 6 heteroatoms. The first kappa shape index (κ1) is 19.6. The molecule has 1 aliphatic rings. The van der Waals surface area contributed by atoms with Crippen molar-refractivity contribution >= 4 is 23.5 Å². The molecule has 0 heterocycles. The third kappa shape index (κ3) is 5.36. The molecule has 25 heavy (non-hydrogen) atoms. The summed E-state index contributed by atoms with van der Waals surface area (Å²) in [5.74, 6) is 0.258. The average molecular weight is 368 g/mol. The number of rotatable bonds is 6. The Morgan fingerprint density at radius 3 is 2.48 bits per heavy atom. The predicted molar refractivity (Wildman–Crippen MR) is 96.9 cm³/mol. The van der Waals surface area contributed by atoms with E-state index in [0.29, 0.717) is 17.3 Å². The van der Waals surface area contributed by atoms with E-state index < -0.39 is 0 Å². The number of aryl methyl sites for hydroxylation is 2. The van der Waals surface area contributed by atoms with Crippen LogP contribution in [-0.2, 0) is 14.3 Å². The number of nitrogens with one attached hydrogen (secondary N) is 1. The van der Waals surface area contributed by atoms with E-state index in [1.165, 1.54) is 7.11 Å². The van der Waals surface area contributed by atoms with Gasteiger partial charge in [-0.25, -0.2) is 0 Å². The highest BCUT2D eigenvalue weighted by atomic mass is 35.5. The maximum Gasteiger partial charge on any atom is 0.309 e. The number of hydrogen-bond acceptors (Lipinski definition) is 4. The SMILES string of the molecule is COC(=O)C1CCCCC1CNC(=O)COc1cc(C)c(Cl)c(C)c1. The van der Waals surface area contributed by atoms with E-state index in [1.54, 1.807) is 0 Å². The van der Waals surface area contributed by atoms with Crippen molar-refractivity contribution in [3.05, 3.63) is 28.3 Å². The van der Waals surface area contributed by atoms with Crippen molar-refractivity contribution in [2.24, 2.45) is 11.8 Å². The molecule has 0 bridgehead atoms. The van der Waals surface area contributed by atoms with Crippen LogP contribution in [0.15, 0.2) is 12.1 Å². The molecule has 0 spiro atoms. The minimum absolute atomic E-state index is 0.0594. The summed E-state index contributed by atoms with van der Waals surface area (Å²) in [7, 11) is 1.41. The molecule has 1 saturated carbocycles. The number of ether oxygens (including phenoxy) is 2. The fourth-order valence-corrected chi connectivity index (χ4v) is 3.46. The minimum atomic E-state index is -0.195. The van der Waals surface area contributed by atoms with Gasteiger partial charge in [-0.05, 0) is 55.9 Å². The Bertz CT molecular complexity index is 609. The Morgan fingerprint density at radius 1 is 1.20 bits per heavy atom. The van der Waals surface area contributed by atoms with E-state index in [9.17, 15) is 9.59 Å². The monoisotopic (exact) mass is 367 g/mol. The summed E-state index contributed by atoms with van der Waals surface area (Å²) in [6.07, 6.45) is 3.86. The van der Waals surface area contributed by atoms with E-state index in [2.05, 4.69) is 5.32 Å².